The van der Waals surface area contributed by atoms with Crippen LogP contribution in [0.4, 0.5) is 0 Å². The van der Waals surface area contributed by atoms with Crippen molar-refractivity contribution in [3.63, 3.8) is 0 Å². The minimum atomic E-state index is 0.218. The molecule has 1 atom stereocenters. The third-order valence-electron chi connectivity index (χ3n) is 3.80. The Morgan fingerprint density at radius 2 is 2.30 bits per heavy atom. The van der Waals surface area contributed by atoms with Gasteiger partial charge in [0.1, 0.15) is 0 Å². The standard InChI is InChI=1S/C16H25BrN2O/c1-13(2)8-19-11-16(4-3-5-20-12-16)7-14-6-15(17)10-18-9-14/h6,9-10,13,19H,3-5,7-8,11-12H2,1-2H3. The lowest BCUT2D eigenvalue weighted by molar-refractivity contribution is -0.00743. The van der Waals surface area contributed by atoms with Crippen molar-refractivity contribution in [3.8, 4) is 0 Å². The fourth-order valence-corrected chi connectivity index (χ4v) is 3.28. The molecule has 2 rings (SSSR count). The van der Waals surface area contributed by atoms with Crippen LogP contribution in [0.15, 0.2) is 22.9 Å². The maximum Gasteiger partial charge on any atom is 0.0537 e. The number of ether oxygens (including phenoxy) is 1. The molecule has 0 saturated carbocycles. The second-order valence-corrected chi connectivity index (χ2v) is 7.28. The van der Waals surface area contributed by atoms with Gasteiger partial charge in [0.25, 0.3) is 0 Å². The lowest BCUT2D eigenvalue weighted by atomic mass is 9.77. The zero-order chi connectivity index (χ0) is 14.4. The number of aromatic nitrogens is 1. The summed E-state index contributed by atoms with van der Waals surface area (Å²) in [5.41, 5.74) is 1.51. The molecule has 0 amide bonds. The minimum Gasteiger partial charge on any atom is -0.381 e. The largest absolute Gasteiger partial charge is 0.381 e. The fraction of sp³-hybridized carbons (Fsp3) is 0.688. The predicted octanol–water partition coefficient (Wildman–Crippen LogP) is 3.43. The number of hydrogen-bond acceptors (Lipinski definition) is 3. The molecule has 1 aromatic rings. The molecule has 3 nitrogen and oxygen atoms in total. The first-order valence-corrected chi connectivity index (χ1v) is 8.27. The van der Waals surface area contributed by atoms with Crippen LogP contribution in [-0.4, -0.2) is 31.3 Å². The summed E-state index contributed by atoms with van der Waals surface area (Å²) in [6.07, 6.45) is 7.23. The van der Waals surface area contributed by atoms with Crippen molar-refractivity contribution in [2.24, 2.45) is 11.3 Å². The molecule has 1 aliphatic rings. The molecule has 1 unspecified atom stereocenters. The molecule has 0 aliphatic carbocycles. The molecule has 112 valence electrons. The van der Waals surface area contributed by atoms with E-state index in [-0.39, 0.29) is 5.41 Å². The van der Waals surface area contributed by atoms with Crippen molar-refractivity contribution in [3.05, 3.63) is 28.5 Å². The smallest absolute Gasteiger partial charge is 0.0537 e. The van der Waals surface area contributed by atoms with Crippen LogP contribution in [0.1, 0.15) is 32.3 Å². The molecule has 1 aromatic heterocycles. The van der Waals surface area contributed by atoms with Gasteiger partial charge in [-0.2, -0.15) is 0 Å². The van der Waals surface area contributed by atoms with E-state index in [4.69, 9.17) is 4.74 Å². The molecular weight excluding hydrogens is 316 g/mol. The highest BCUT2D eigenvalue weighted by molar-refractivity contribution is 9.10. The summed E-state index contributed by atoms with van der Waals surface area (Å²) in [6.45, 7) is 8.34. The first-order chi connectivity index (χ1) is 9.60. The highest BCUT2D eigenvalue weighted by Gasteiger charge is 2.33. The van der Waals surface area contributed by atoms with Crippen LogP contribution in [0.2, 0.25) is 0 Å². The SMILES string of the molecule is CC(C)CNCC1(Cc2cncc(Br)c2)CCCOC1. The molecule has 1 fully saturated rings. The Kier molecular flexibility index (Phi) is 6.00. The van der Waals surface area contributed by atoms with E-state index in [0.717, 1.165) is 43.6 Å². The lowest BCUT2D eigenvalue weighted by Crippen LogP contribution is -2.43. The molecule has 0 bridgehead atoms. The number of pyridine rings is 1. The highest BCUT2D eigenvalue weighted by Crippen LogP contribution is 2.32. The van der Waals surface area contributed by atoms with E-state index in [1.807, 2.05) is 12.4 Å². The quantitative estimate of drug-likeness (QED) is 0.861. The summed E-state index contributed by atoms with van der Waals surface area (Å²) in [5.74, 6) is 0.684. The molecule has 0 spiro atoms. The number of nitrogens with one attached hydrogen (secondary N) is 1. The van der Waals surface area contributed by atoms with E-state index in [1.54, 1.807) is 0 Å². The van der Waals surface area contributed by atoms with Crippen LogP contribution in [0, 0.1) is 11.3 Å². The maximum atomic E-state index is 5.77. The van der Waals surface area contributed by atoms with Crippen LogP contribution >= 0.6 is 15.9 Å². The molecule has 1 saturated heterocycles. The number of nitrogens with zero attached hydrogens (tertiary/aromatic N) is 1. The molecule has 1 N–H and O–H groups in total. The monoisotopic (exact) mass is 340 g/mol. The summed E-state index contributed by atoms with van der Waals surface area (Å²) < 4.78 is 6.83. The van der Waals surface area contributed by atoms with Gasteiger partial charge in [0, 0.05) is 35.4 Å². The van der Waals surface area contributed by atoms with Gasteiger partial charge in [-0.15, -0.1) is 0 Å². The Morgan fingerprint density at radius 1 is 1.45 bits per heavy atom. The topological polar surface area (TPSA) is 34.2 Å². The lowest BCUT2D eigenvalue weighted by Gasteiger charge is -2.37. The summed E-state index contributed by atoms with van der Waals surface area (Å²) in [5, 5.41) is 3.62. The van der Waals surface area contributed by atoms with Crippen LogP contribution in [-0.2, 0) is 11.2 Å². The highest BCUT2D eigenvalue weighted by atomic mass is 79.9. The molecule has 4 heteroatoms. The van der Waals surface area contributed by atoms with Crippen molar-refractivity contribution < 1.29 is 4.74 Å². The first kappa shape index (κ1) is 15.9. The average molecular weight is 341 g/mol. The third kappa shape index (κ3) is 4.83. The Hall–Kier alpha value is -0.450. The van der Waals surface area contributed by atoms with Gasteiger partial charge >= 0.3 is 0 Å². The van der Waals surface area contributed by atoms with E-state index in [1.165, 1.54) is 12.0 Å². The maximum absolute atomic E-state index is 5.77. The van der Waals surface area contributed by atoms with Crippen molar-refractivity contribution in [2.75, 3.05) is 26.3 Å². The van der Waals surface area contributed by atoms with Gasteiger partial charge in [0.2, 0.25) is 0 Å². The summed E-state index contributed by atoms with van der Waals surface area (Å²) in [4.78, 5) is 4.28. The van der Waals surface area contributed by atoms with Crippen LogP contribution in [0.25, 0.3) is 0 Å². The van der Waals surface area contributed by atoms with Gasteiger partial charge in [-0.1, -0.05) is 13.8 Å². The van der Waals surface area contributed by atoms with Crippen molar-refractivity contribution in [1.82, 2.24) is 10.3 Å². The Morgan fingerprint density at radius 3 is 2.95 bits per heavy atom. The van der Waals surface area contributed by atoms with E-state index >= 15 is 0 Å². The molecule has 20 heavy (non-hydrogen) atoms. The summed E-state index contributed by atoms with van der Waals surface area (Å²) in [7, 11) is 0. The van der Waals surface area contributed by atoms with Gasteiger partial charge < -0.3 is 10.1 Å². The minimum absolute atomic E-state index is 0.218. The zero-order valence-corrected chi connectivity index (χ0v) is 14.1. The number of hydrogen-bond donors (Lipinski definition) is 1. The van der Waals surface area contributed by atoms with Crippen molar-refractivity contribution in [1.29, 1.82) is 0 Å². The molecular formula is C16H25BrN2O. The van der Waals surface area contributed by atoms with E-state index in [0.29, 0.717) is 5.92 Å². The van der Waals surface area contributed by atoms with E-state index < -0.39 is 0 Å². The zero-order valence-electron chi connectivity index (χ0n) is 12.5. The van der Waals surface area contributed by atoms with Gasteiger partial charge in [-0.05, 0) is 59.3 Å². The number of rotatable bonds is 6. The van der Waals surface area contributed by atoms with E-state index in [9.17, 15) is 0 Å². The Bertz CT molecular complexity index is 417. The molecule has 1 aliphatic heterocycles. The van der Waals surface area contributed by atoms with Crippen molar-refractivity contribution in [2.45, 2.75) is 33.1 Å². The summed E-state index contributed by atoms with van der Waals surface area (Å²) in [6, 6.07) is 2.17. The van der Waals surface area contributed by atoms with E-state index in [2.05, 4.69) is 46.1 Å². The number of halogens is 1. The second-order valence-electron chi connectivity index (χ2n) is 6.37. The predicted molar refractivity (Wildman–Crippen MR) is 85.8 cm³/mol. The molecule has 0 radical (unpaired) electrons. The average Bonchev–Trinajstić information content (AvgIpc) is 2.39. The van der Waals surface area contributed by atoms with Crippen LogP contribution in [0.5, 0.6) is 0 Å². The van der Waals surface area contributed by atoms with Gasteiger partial charge in [0.05, 0.1) is 6.61 Å². The fourth-order valence-electron chi connectivity index (χ4n) is 2.86. The van der Waals surface area contributed by atoms with Crippen molar-refractivity contribution >= 4 is 15.9 Å². The second kappa shape index (κ2) is 7.53. The molecule has 0 aromatic carbocycles. The normalized spacial score (nSPS) is 23.2. The van der Waals surface area contributed by atoms with Crippen LogP contribution < -0.4 is 5.32 Å². The summed E-state index contributed by atoms with van der Waals surface area (Å²) >= 11 is 3.51. The van der Waals surface area contributed by atoms with Gasteiger partial charge in [0.15, 0.2) is 0 Å². The Balaban J connectivity index is 2.02. The van der Waals surface area contributed by atoms with Crippen LogP contribution in [0.3, 0.4) is 0 Å². The van der Waals surface area contributed by atoms with Gasteiger partial charge in [-0.25, -0.2) is 0 Å². The third-order valence-corrected chi connectivity index (χ3v) is 4.23. The van der Waals surface area contributed by atoms with Gasteiger partial charge in [-0.3, -0.25) is 4.98 Å². The Labute approximate surface area is 130 Å². The molecule has 2 heterocycles. The first-order valence-electron chi connectivity index (χ1n) is 7.48.